The van der Waals surface area contributed by atoms with Gasteiger partial charge < -0.3 is 15.2 Å². The molecule has 0 aliphatic heterocycles. The van der Waals surface area contributed by atoms with E-state index >= 15 is 0 Å². The molecule has 0 saturated heterocycles. The molecule has 6 nitrogen and oxygen atoms in total. The van der Waals surface area contributed by atoms with Gasteiger partial charge in [-0.2, -0.15) is 0 Å². The maximum Gasteiger partial charge on any atom is 0.267 e. The fourth-order valence-electron chi connectivity index (χ4n) is 3.52. The summed E-state index contributed by atoms with van der Waals surface area (Å²) < 4.78 is 2.05. The number of aryl methyl sites for hydroxylation is 1. The Kier molecular flexibility index (Phi) is 7.22. The quantitative estimate of drug-likeness (QED) is 0.553. The fourth-order valence-corrected chi connectivity index (χ4v) is 3.52. The largest absolute Gasteiger partial charge is 0.350 e. The number of pyridine rings is 1. The van der Waals surface area contributed by atoms with Crippen LogP contribution in [0.25, 0.3) is 10.9 Å². The number of carbonyl (C=O) groups excluding carboxylic acids is 2. The van der Waals surface area contributed by atoms with Gasteiger partial charge in [0.1, 0.15) is 5.69 Å². The van der Waals surface area contributed by atoms with Crippen LogP contribution < -0.4 is 10.6 Å². The summed E-state index contributed by atoms with van der Waals surface area (Å²) in [5.41, 5.74) is 3.34. The van der Waals surface area contributed by atoms with Crippen molar-refractivity contribution in [3.63, 3.8) is 0 Å². The summed E-state index contributed by atoms with van der Waals surface area (Å²) in [5.74, 6) is 0.214. The van der Waals surface area contributed by atoms with Crippen LogP contribution in [0.1, 0.15) is 49.8 Å². The molecule has 2 aromatic heterocycles. The normalized spacial score (nSPS) is 11.1. The highest BCUT2D eigenvalue weighted by atomic mass is 16.2. The Balaban J connectivity index is 1.76. The molecule has 0 spiro atoms. The van der Waals surface area contributed by atoms with Crippen molar-refractivity contribution < 1.29 is 9.59 Å². The molecule has 0 fully saturated rings. The van der Waals surface area contributed by atoms with E-state index in [0.29, 0.717) is 31.0 Å². The molecule has 0 saturated carbocycles. The highest BCUT2D eigenvalue weighted by Crippen LogP contribution is 2.24. The first kappa shape index (κ1) is 21.6. The van der Waals surface area contributed by atoms with E-state index in [9.17, 15) is 9.59 Å². The van der Waals surface area contributed by atoms with Crippen molar-refractivity contribution in [2.24, 2.45) is 5.92 Å². The topological polar surface area (TPSA) is 76.0 Å². The van der Waals surface area contributed by atoms with Crippen molar-refractivity contribution in [2.45, 2.75) is 46.6 Å². The van der Waals surface area contributed by atoms with Gasteiger partial charge in [0, 0.05) is 54.4 Å². The zero-order valence-electron chi connectivity index (χ0n) is 17.9. The average molecular weight is 407 g/mol. The zero-order chi connectivity index (χ0) is 21.5. The van der Waals surface area contributed by atoms with Crippen molar-refractivity contribution in [1.82, 2.24) is 14.9 Å². The number of amides is 2. The summed E-state index contributed by atoms with van der Waals surface area (Å²) in [6.07, 6.45) is 3.85. The Morgan fingerprint density at radius 1 is 1.13 bits per heavy atom. The van der Waals surface area contributed by atoms with Gasteiger partial charge in [-0.25, -0.2) is 0 Å². The predicted octanol–water partition coefficient (Wildman–Crippen LogP) is 4.40. The number of hydrogen-bond acceptors (Lipinski definition) is 3. The highest BCUT2D eigenvalue weighted by Gasteiger charge is 2.16. The number of aromatic nitrogens is 2. The van der Waals surface area contributed by atoms with E-state index in [-0.39, 0.29) is 11.8 Å². The standard InChI is InChI=1S/C24H30N4O2/c1-4-13-28-21-9-8-20(27-23(29)14-17(2)3)15-18(21)16-22(28)24(30)26-12-10-19-7-5-6-11-25-19/h5-9,11,15-17H,4,10,12-14H2,1-3H3,(H,26,30)(H,27,29). The smallest absolute Gasteiger partial charge is 0.267 e. The number of fused-ring (bicyclic) bond motifs is 1. The first-order chi connectivity index (χ1) is 14.5. The Bertz CT molecular complexity index is 1010. The maximum absolute atomic E-state index is 12.9. The van der Waals surface area contributed by atoms with Crippen LogP contribution in [0.2, 0.25) is 0 Å². The van der Waals surface area contributed by atoms with Crippen LogP contribution in [0.3, 0.4) is 0 Å². The summed E-state index contributed by atoms with van der Waals surface area (Å²) in [6.45, 7) is 7.42. The molecule has 2 N–H and O–H groups in total. The number of hydrogen-bond donors (Lipinski definition) is 2. The van der Waals surface area contributed by atoms with Gasteiger partial charge in [0.15, 0.2) is 0 Å². The van der Waals surface area contributed by atoms with Gasteiger partial charge in [0.25, 0.3) is 5.91 Å². The molecular formula is C24H30N4O2. The lowest BCUT2D eigenvalue weighted by Gasteiger charge is -2.11. The zero-order valence-corrected chi connectivity index (χ0v) is 17.9. The SMILES string of the molecule is CCCn1c(C(=O)NCCc2ccccn2)cc2cc(NC(=O)CC(C)C)ccc21. The third kappa shape index (κ3) is 5.47. The summed E-state index contributed by atoms with van der Waals surface area (Å²) >= 11 is 0. The molecule has 30 heavy (non-hydrogen) atoms. The summed E-state index contributed by atoms with van der Waals surface area (Å²) in [4.78, 5) is 29.2. The maximum atomic E-state index is 12.9. The van der Waals surface area contributed by atoms with Crippen LogP contribution in [0.15, 0.2) is 48.7 Å². The predicted molar refractivity (Wildman–Crippen MR) is 121 cm³/mol. The lowest BCUT2D eigenvalue weighted by molar-refractivity contribution is -0.116. The molecular weight excluding hydrogens is 376 g/mol. The molecule has 2 amide bonds. The minimum atomic E-state index is -0.0963. The second-order valence-corrected chi connectivity index (χ2v) is 7.93. The van der Waals surface area contributed by atoms with Crippen LogP contribution in [0, 0.1) is 5.92 Å². The lowest BCUT2D eigenvalue weighted by Crippen LogP contribution is -2.28. The number of anilines is 1. The van der Waals surface area contributed by atoms with E-state index in [1.807, 2.05) is 60.9 Å². The first-order valence-corrected chi connectivity index (χ1v) is 10.6. The highest BCUT2D eigenvalue weighted by molar-refractivity contribution is 6.00. The van der Waals surface area contributed by atoms with E-state index in [2.05, 4.69) is 22.5 Å². The van der Waals surface area contributed by atoms with Crippen molar-refractivity contribution >= 4 is 28.4 Å². The fraction of sp³-hybridized carbons (Fsp3) is 0.375. The van der Waals surface area contributed by atoms with Gasteiger partial charge in [-0.1, -0.05) is 26.8 Å². The average Bonchev–Trinajstić information content (AvgIpc) is 3.06. The summed E-state index contributed by atoms with van der Waals surface area (Å²) in [7, 11) is 0. The molecule has 6 heteroatoms. The van der Waals surface area contributed by atoms with Crippen LogP contribution in [-0.4, -0.2) is 27.9 Å². The Hall–Kier alpha value is -3.15. The first-order valence-electron chi connectivity index (χ1n) is 10.6. The number of nitrogens with one attached hydrogen (secondary N) is 2. The molecule has 158 valence electrons. The minimum Gasteiger partial charge on any atom is -0.350 e. The van der Waals surface area contributed by atoms with Crippen molar-refractivity contribution in [3.05, 3.63) is 60.0 Å². The molecule has 1 aromatic carbocycles. The van der Waals surface area contributed by atoms with Crippen molar-refractivity contribution in [1.29, 1.82) is 0 Å². The third-order valence-electron chi connectivity index (χ3n) is 4.85. The lowest BCUT2D eigenvalue weighted by atomic mass is 10.1. The van der Waals surface area contributed by atoms with E-state index in [4.69, 9.17) is 0 Å². The number of nitrogens with zero attached hydrogens (tertiary/aromatic N) is 2. The molecule has 0 unspecified atom stereocenters. The molecule has 3 aromatic rings. The molecule has 0 aliphatic carbocycles. The van der Waals surface area contributed by atoms with Gasteiger partial charge in [0.2, 0.25) is 5.91 Å². The monoisotopic (exact) mass is 406 g/mol. The van der Waals surface area contributed by atoms with E-state index < -0.39 is 0 Å². The van der Waals surface area contributed by atoms with Gasteiger partial charge in [-0.15, -0.1) is 0 Å². The second kappa shape index (κ2) is 10.1. The number of benzene rings is 1. The third-order valence-corrected chi connectivity index (χ3v) is 4.85. The summed E-state index contributed by atoms with van der Waals surface area (Å²) in [5, 5.41) is 6.90. The molecule has 0 bridgehead atoms. The molecule has 0 atom stereocenters. The van der Waals surface area contributed by atoms with Crippen LogP contribution in [0.5, 0.6) is 0 Å². The Labute approximate surface area is 177 Å². The van der Waals surface area contributed by atoms with Crippen LogP contribution >= 0.6 is 0 Å². The van der Waals surface area contributed by atoms with E-state index in [1.165, 1.54) is 0 Å². The van der Waals surface area contributed by atoms with Crippen LogP contribution in [0.4, 0.5) is 5.69 Å². The Morgan fingerprint density at radius 2 is 1.97 bits per heavy atom. The van der Waals surface area contributed by atoms with Crippen LogP contribution in [-0.2, 0) is 17.8 Å². The van der Waals surface area contributed by atoms with E-state index in [1.54, 1.807) is 6.20 Å². The van der Waals surface area contributed by atoms with Gasteiger partial charge >= 0.3 is 0 Å². The van der Waals surface area contributed by atoms with E-state index in [0.717, 1.165) is 35.2 Å². The van der Waals surface area contributed by atoms with Gasteiger partial charge in [0.05, 0.1) is 0 Å². The second-order valence-electron chi connectivity index (χ2n) is 7.93. The Morgan fingerprint density at radius 3 is 2.67 bits per heavy atom. The van der Waals surface area contributed by atoms with Gasteiger partial charge in [-0.05, 0) is 48.7 Å². The summed E-state index contributed by atoms with van der Waals surface area (Å²) in [6, 6.07) is 13.5. The van der Waals surface area contributed by atoms with Crippen molar-refractivity contribution in [2.75, 3.05) is 11.9 Å². The molecule has 0 radical (unpaired) electrons. The number of carbonyl (C=O) groups is 2. The van der Waals surface area contributed by atoms with Gasteiger partial charge in [-0.3, -0.25) is 14.6 Å². The number of rotatable bonds is 9. The molecule has 3 rings (SSSR count). The van der Waals surface area contributed by atoms with Crippen molar-refractivity contribution in [3.8, 4) is 0 Å². The minimum absolute atomic E-state index is 0.00447. The molecule has 0 aliphatic rings. The molecule has 2 heterocycles.